The molecule has 2 aliphatic rings. The number of hydrogen-bond donors (Lipinski definition) is 0. The van der Waals surface area contributed by atoms with Crippen LogP contribution >= 0.6 is 0 Å². The van der Waals surface area contributed by atoms with E-state index in [2.05, 4.69) is 27.7 Å². The Labute approximate surface area is 70.4 Å². The van der Waals surface area contributed by atoms with E-state index >= 15 is 0 Å². The molecule has 0 heterocycles. The van der Waals surface area contributed by atoms with Crippen LogP contribution in [0.4, 0.5) is 0 Å². The van der Waals surface area contributed by atoms with Crippen LogP contribution in [0, 0.1) is 29.1 Å². The van der Waals surface area contributed by atoms with Gasteiger partial charge in [-0.25, -0.2) is 0 Å². The SMILES string of the molecule is CC1CC(C2(C)CC2C)C1C. The van der Waals surface area contributed by atoms with Gasteiger partial charge in [-0.2, -0.15) is 0 Å². The summed E-state index contributed by atoms with van der Waals surface area (Å²) in [7, 11) is 0. The average molecular weight is 152 g/mol. The maximum Gasteiger partial charge on any atom is -0.0266 e. The second-order valence-corrected chi connectivity index (χ2v) is 5.29. The molecule has 2 rings (SSSR count). The third kappa shape index (κ3) is 0.878. The summed E-state index contributed by atoms with van der Waals surface area (Å²) in [6.45, 7) is 9.74. The summed E-state index contributed by atoms with van der Waals surface area (Å²) >= 11 is 0. The standard InChI is InChI=1S/C11H20/c1-7-5-10(9(7)3)11(4)6-8(11)2/h7-10H,5-6H2,1-4H3. The molecule has 0 N–H and O–H groups in total. The molecule has 5 unspecified atom stereocenters. The molecule has 0 heteroatoms. The van der Waals surface area contributed by atoms with Crippen LogP contribution in [-0.2, 0) is 0 Å². The van der Waals surface area contributed by atoms with Gasteiger partial charge in [-0.1, -0.05) is 27.7 Å². The van der Waals surface area contributed by atoms with Gasteiger partial charge >= 0.3 is 0 Å². The Balaban J connectivity index is 1.99. The van der Waals surface area contributed by atoms with Crippen molar-refractivity contribution >= 4 is 0 Å². The summed E-state index contributed by atoms with van der Waals surface area (Å²) in [6.07, 6.45) is 3.00. The van der Waals surface area contributed by atoms with Crippen LogP contribution in [0.1, 0.15) is 40.5 Å². The lowest BCUT2D eigenvalue weighted by Gasteiger charge is -2.45. The van der Waals surface area contributed by atoms with Crippen LogP contribution in [0.15, 0.2) is 0 Å². The van der Waals surface area contributed by atoms with Gasteiger partial charge in [0.05, 0.1) is 0 Å². The fourth-order valence-electron chi connectivity index (χ4n) is 3.02. The molecular formula is C11H20. The molecule has 0 bridgehead atoms. The molecule has 0 amide bonds. The zero-order valence-corrected chi connectivity index (χ0v) is 8.22. The Morgan fingerprint density at radius 2 is 1.73 bits per heavy atom. The van der Waals surface area contributed by atoms with Gasteiger partial charge in [0.25, 0.3) is 0 Å². The van der Waals surface area contributed by atoms with Gasteiger partial charge in [0, 0.05) is 0 Å². The molecule has 0 aromatic heterocycles. The summed E-state index contributed by atoms with van der Waals surface area (Å²) in [6, 6.07) is 0. The molecular weight excluding hydrogens is 132 g/mol. The highest BCUT2D eigenvalue weighted by molar-refractivity contribution is 5.06. The zero-order chi connectivity index (χ0) is 8.22. The van der Waals surface area contributed by atoms with E-state index in [4.69, 9.17) is 0 Å². The Bertz CT molecular complexity index is 173. The lowest BCUT2D eigenvalue weighted by molar-refractivity contribution is 0.0366. The van der Waals surface area contributed by atoms with Gasteiger partial charge < -0.3 is 0 Å². The third-order valence-electron chi connectivity index (χ3n) is 4.72. The first kappa shape index (κ1) is 7.64. The Hall–Kier alpha value is 0. The topological polar surface area (TPSA) is 0 Å². The van der Waals surface area contributed by atoms with Crippen molar-refractivity contribution < 1.29 is 0 Å². The molecule has 2 aliphatic carbocycles. The second-order valence-electron chi connectivity index (χ2n) is 5.29. The predicted octanol–water partition coefficient (Wildman–Crippen LogP) is 3.32. The van der Waals surface area contributed by atoms with Crippen molar-refractivity contribution in [3.05, 3.63) is 0 Å². The van der Waals surface area contributed by atoms with Crippen LogP contribution in [0.3, 0.4) is 0 Å². The highest BCUT2D eigenvalue weighted by Gasteiger charge is 2.57. The lowest BCUT2D eigenvalue weighted by Crippen LogP contribution is -2.38. The monoisotopic (exact) mass is 152 g/mol. The van der Waals surface area contributed by atoms with E-state index in [1.165, 1.54) is 12.8 Å². The van der Waals surface area contributed by atoms with Gasteiger partial charge in [-0.15, -0.1) is 0 Å². The van der Waals surface area contributed by atoms with Crippen molar-refractivity contribution in [1.29, 1.82) is 0 Å². The van der Waals surface area contributed by atoms with Crippen LogP contribution in [0.5, 0.6) is 0 Å². The third-order valence-corrected chi connectivity index (χ3v) is 4.72. The molecule has 5 atom stereocenters. The van der Waals surface area contributed by atoms with Crippen LogP contribution in [0.2, 0.25) is 0 Å². The van der Waals surface area contributed by atoms with Crippen molar-refractivity contribution in [1.82, 2.24) is 0 Å². The molecule has 0 aromatic carbocycles. The van der Waals surface area contributed by atoms with E-state index in [1.807, 2.05) is 0 Å². The molecule has 11 heavy (non-hydrogen) atoms. The minimum Gasteiger partial charge on any atom is -0.0622 e. The van der Waals surface area contributed by atoms with Crippen LogP contribution in [-0.4, -0.2) is 0 Å². The van der Waals surface area contributed by atoms with Gasteiger partial charge in [-0.05, 0) is 41.9 Å². The largest absolute Gasteiger partial charge is 0.0622 e. The molecule has 2 saturated carbocycles. The molecule has 0 radical (unpaired) electrons. The summed E-state index contributed by atoms with van der Waals surface area (Å²) in [5.74, 6) is 4.09. The summed E-state index contributed by atoms with van der Waals surface area (Å²) in [4.78, 5) is 0. The smallest absolute Gasteiger partial charge is 0.0266 e. The second kappa shape index (κ2) is 2.02. The van der Waals surface area contributed by atoms with Crippen molar-refractivity contribution in [2.75, 3.05) is 0 Å². The normalized spacial score (nSPS) is 62.2. The zero-order valence-electron chi connectivity index (χ0n) is 8.22. The first-order valence-electron chi connectivity index (χ1n) is 5.05. The molecule has 2 fully saturated rings. The Kier molecular flexibility index (Phi) is 1.41. The van der Waals surface area contributed by atoms with E-state index in [0.717, 1.165) is 29.1 Å². The summed E-state index contributed by atoms with van der Waals surface area (Å²) < 4.78 is 0. The Morgan fingerprint density at radius 1 is 1.18 bits per heavy atom. The molecule has 0 aliphatic heterocycles. The quantitative estimate of drug-likeness (QED) is 0.540. The first-order valence-corrected chi connectivity index (χ1v) is 5.05. The first-order chi connectivity index (χ1) is 5.05. The summed E-state index contributed by atoms with van der Waals surface area (Å²) in [5, 5.41) is 0. The van der Waals surface area contributed by atoms with Gasteiger partial charge in [0.2, 0.25) is 0 Å². The number of hydrogen-bond acceptors (Lipinski definition) is 0. The van der Waals surface area contributed by atoms with Gasteiger partial charge in [0.1, 0.15) is 0 Å². The molecule has 0 aromatic rings. The van der Waals surface area contributed by atoms with Crippen LogP contribution in [0.25, 0.3) is 0 Å². The fraction of sp³-hybridized carbons (Fsp3) is 1.00. The highest BCUT2D eigenvalue weighted by atomic mass is 14.6. The predicted molar refractivity (Wildman–Crippen MR) is 48.3 cm³/mol. The highest BCUT2D eigenvalue weighted by Crippen LogP contribution is 2.65. The van der Waals surface area contributed by atoms with Crippen molar-refractivity contribution in [3.8, 4) is 0 Å². The molecule has 64 valence electrons. The van der Waals surface area contributed by atoms with Crippen molar-refractivity contribution in [2.45, 2.75) is 40.5 Å². The minimum absolute atomic E-state index is 0.756. The number of rotatable bonds is 1. The Morgan fingerprint density at radius 3 is 2.00 bits per heavy atom. The fourth-order valence-corrected chi connectivity index (χ4v) is 3.02. The van der Waals surface area contributed by atoms with Crippen LogP contribution < -0.4 is 0 Å². The molecule has 0 nitrogen and oxygen atoms in total. The maximum atomic E-state index is 2.49. The van der Waals surface area contributed by atoms with E-state index in [-0.39, 0.29) is 0 Å². The van der Waals surface area contributed by atoms with Crippen molar-refractivity contribution in [2.24, 2.45) is 29.1 Å². The van der Waals surface area contributed by atoms with E-state index in [9.17, 15) is 0 Å². The maximum absolute atomic E-state index is 2.49. The summed E-state index contributed by atoms with van der Waals surface area (Å²) in [5.41, 5.74) is 0.756. The minimum atomic E-state index is 0.756. The lowest BCUT2D eigenvalue weighted by atomic mass is 9.60. The van der Waals surface area contributed by atoms with E-state index < -0.39 is 0 Å². The van der Waals surface area contributed by atoms with E-state index in [1.54, 1.807) is 0 Å². The van der Waals surface area contributed by atoms with Gasteiger partial charge in [0.15, 0.2) is 0 Å². The average Bonchev–Trinajstić information content (AvgIpc) is 2.55. The molecule has 0 saturated heterocycles. The molecule has 0 spiro atoms. The van der Waals surface area contributed by atoms with Crippen molar-refractivity contribution in [3.63, 3.8) is 0 Å². The van der Waals surface area contributed by atoms with Gasteiger partial charge in [-0.3, -0.25) is 0 Å². The van der Waals surface area contributed by atoms with E-state index in [0.29, 0.717) is 0 Å².